The topological polar surface area (TPSA) is 58.6 Å². The monoisotopic (exact) mass is 193 g/mol. The van der Waals surface area contributed by atoms with Crippen molar-refractivity contribution in [2.75, 3.05) is 18.5 Å². The number of anilines is 1. The zero-order valence-electron chi connectivity index (χ0n) is 7.56. The quantitative estimate of drug-likeness (QED) is 0.754. The van der Waals surface area contributed by atoms with Crippen LogP contribution in [0.15, 0.2) is 24.3 Å². The molecule has 1 heterocycles. The van der Waals surface area contributed by atoms with Gasteiger partial charge in [-0.05, 0) is 17.7 Å². The number of hydrogen-bond acceptors (Lipinski definition) is 2. The van der Waals surface area contributed by atoms with E-state index in [9.17, 15) is 4.79 Å². The van der Waals surface area contributed by atoms with Crippen LogP contribution in [0.4, 0.5) is 10.5 Å². The number of hydrogen-bond donors (Lipinski definition) is 2. The maximum atomic E-state index is 10.3. The third-order valence-electron chi connectivity index (χ3n) is 2.27. The lowest BCUT2D eigenvalue weighted by Gasteiger charge is -2.26. The van der Waals surface area contributed by atoms with Gasteiger partial charge in [0.25, 0.3) is 0 Å². The predicted molar refractivity (Wildman–Crippen MR) is 51.6 cm³/mol. The van der Waals surface area contributed by atoms with Crippen LogP contribution < -0.4 is 5.32 Å². The lowest BCUT2D eigenvalue weighted by Crippen LogP contribution is -2.24. The molecule has 74 valence electrons. The summed E-state index contributed by atoms with van der Waals surface area (Å²) < 4.78 is 5.07. The minimum absolute atomic E-state index is 0.480. The molecular formula is C10H11NO3. The molecule has 4 heteroatoms. The molecule has 0 atom stereocenters. The molecule has 0 spiro atoms. The first-order chi connectivity index (χ1) is 6.75. The number of nitrogens with one attached hydrogen (secondary N) is 1. The summed E-state index contributed by atoms with van der Waals surface area (Å²) in [5.74, 6) is 0.480. The molecule has 1 aromatic rings. The summed E-state index contributed by atoms with van der Waals surface area (Å²) in [7, 11) is 0. The zero-order valence-corrected chi connectivity index (χ0v) is 7.56. The van der Waals surface area contributed by atoms with Crippen LogP contribution in [0, 0.1) is 0 Å². The Morgan fingerprint density at radius 2 is 2.00 bits per heavy atom. The molecule has 0 aromatic heterocycles. The predicted octanol–water partition coefficient (Wildman–Crippen LogP) is 1.89. The summed E-state index contributed by atoms with van der Waals surface area (Å²) in [5, 5.41) is 10.8. The fourth-order valence-electron chi connectivity index (χ4n) is 1.39. The molecule has 4 nitrogen and oxygen atoms in total. The fourth-order valence-corrected chi connectivity index (χ4v) is 1.39. The number of rotatable bonds is 2. The molecule has 0 unspecified atom stereocenters. The van der Waals surface area contributed by atoms with Gasteiger partial charge in [-0.2, -0.15) is 0 Å². The molecule has 1 aromatic carbocycles. The summed E-state index contributed by atoms with van der Waals surface area (Å²) in [4.78, 5) is 10.3. The molecule has 0 radical (unpaired) electrons. The Balaban J connectivity index is 2.05. The van der Waals surface area contributed by atoms with E-state index >= 15 is 0 Å². The molecule has 14 heavy (non-hydrogen) atoms. The van der Waals surface area contributed by atoms with Crippen molar-refractivity contribution in [3.05, 3.63) is 29.8 Å². The van der Waals surface area contributed by atoms with Gasteiger partial charge in [-0.25, -0.2) is 4.79 Å². The molecule has 1 saturated heterocycles. The van der Waals surface area contributed by atoms with Crippen LogP contribution in [0.25, 0.3) is 0 Å². The fraction of sp³-hybridized carbons (Fsp3) is 0.300. The summed E-state index contributed by atoms with van der Waals surface area (Å²) in [6.07, 6.45) is -1.04. The van der Waals surface area contributed by atoms with Crippen LogP contribution in [0.5, 0.6) is 0 Å². The summed E-state index contributed by atoms with van der Waals surface area (Å²) in [6.45, 7) is 1.54. The average molecular weight is 193 g/mol. The Bertz CT molecular complexity index is 330. The lowest BCUT2D eigenvalue weighted by molar-refractivity contribution is 0.00843. The van der Waals surface area contributed by atoms with Gasteiger partial charge in [0.05, 0.1) is 13.2 Å². The second kappa shape index (κ2) is 3.67. The normalized spacial score (nSPS) is 16.0. The van der Waals surface area contributed by atoms with Crippen molar-refractivity contribution in [3.8, 4) is 0 Å². The largest absolute Gasteiger partial charge is 0.465 e. The van der Waals surface area contributed by atoms with Crippen molar-refractivity contribution in [1.29, 1.82) is 0 Å². The van der Waals surface area contributed by atoms with Gasteiger partial charge < -0.3 is 9.84 Å². The van der Waals surface area contributed by atoms with Crippen LogP contribution in [0.1, 0.15) is 11.5 Å². The van der Waals surface area contributed by atoms with Crippen LogP contribution >= 0.6 is 0 Å². The van der Waals surface area contributed by atoms with E-state index in [1.807, 2.05) is 12.1 Å². The maximum Gasteiger partial charge on any atom is 0.409 e. The molecule has 1 amide bonds. The third kappa shape index (κ3) is 1.85. The third-order valence-corrected chi connectivity index (χ3v) is 2.27. The average Bonchev–Trinajstić information content (AvgIpc) is 2.04. The van der Waals surface area contributed by atoms with Gasteiger partial charge in [-0.1, -0.05) is 12.1 Å². The highest BCUT2D eigenvalue weighted by Gasteiger charge is 2.19. The molecule has 2 rings (SSSR count). The van der Waals surface area contributed by atoms with Gasteiger partial charge in [0.2, 0.25) is 0 Å². The second-order valence-electron chi connectivity index (χ2n) is 3.29. The molecule has 1 aliphatic rings. The SMILES string of the molecule is O=C(O)Nc1ccc(C2COC2)cc1. The molecule has 2 N–H and O–H groups in total. The van der Waals surface area contributed by atoms with Crippen molar-refractivity contribution in [2.45, 2.75) is 5.92 Å². The van der Waals surface area contributed by atoms with Gasteiger partial charge >= 0.3 is 6.09 Å². The standard InChI is InChI=1S/C10H11NO3/c12-10(13)11-9-3-1-7(2-4-9)8-5-14-6-8/h1-4,8,11H,5-6H2,(H,12,13). The summed E-state index contributed by atoms with van der Waals surface area (Å²) in [5.41, 5.74) is 1.80. The Kier molecular flexibility index (Phi) is 2.37. The number of ether oxygens (including phenoxy) is 1. The second-order valence-corrected chi connectivity index (χ2v) is 3.29. The minimum Gasteiger partial charge on any atom is -0.465 e. The molecule has 1 fully saturated rings. The van der Waals surface area contributed by atoms with E-state index in [2.05, 4.69) is 5.32 Å². The highest BCUT2D eigenvalue weighted by molar-refractivity contribution is 5.82. The van der Waals surface area contributed by atoms with Crippen molar-refractivity contribution in [3.63, 3.8) is 0 Å². The molecule has 1 aliphatic heterocycles. The first kappa shape index (κ1) is 9.02. The molecular weight excluding hydrogens is 182 g/mol. The lowest BCUT2D eigenvalue weighted by atomic mass is 9.98. The number of benzene rings is 1. The summed E-state index contributed by atoms with van der Waals surface area (Å²) >= 11 is 0. The van der Waals surface area contributed by atoms with E-state index in [-0.39, 0.29) is 0 Å². The highest BCUT2D eigenvalue weighted by Crippen LogP contribution is 2.24. The first-order valence-corrected chi connectivity index (χ1v) is 4.43. The molecule has 0 bridgehead atoms. The smallest absolute Gasteiger partial charge is 0.409 e. The van der Waals surface area contributed by atoms with Gasteiger partial charge in [-0.15, -0.1) is 0 Å². The van der Waals surface area contributed by atoms with Crippen molar-refractivity contribution >= 4 is 11.8 Å². The maximum absolute atomic E-state index is 10.3. The van der Waals surface area contributed by atoms with Crippen molar-refractivity contribution in [2.24, 2.45) is 0 Å². The number of carboxylic acid groups (broad SMARTS) is 1. The van der Waals surface area contributed by atoms with E-state index in [1.54, 1.807) is 12.1 Å². The van der Waals surface area contributed by atoms with E-state index in [0.29, 0.717) is 11.6 Å². The van der Waals surface area contributed by atoms with Crippen LogP contribution in [-0.4, -0.2) is 24.4 Å². The Hall–Kier alpha value is -1.55. The highest BCUT2D eigenvalue weighted by atomic mass is 16.5. The van der Waals surface area contributed by atoms with E-state index in [0.717, 1.165) is 13.2 Å². The van der Waals surface area contributed by atoms with E-state index in [1.165, 1.54) is 5.56 Å². The number of carbonyl (C=O) groups is 1. The first-order valence-electron chi connectivity index (χ1n) is 4.43. The Morgan fingerprint density at radius 3 is 2.43 bits per heavy atom. The summed E-state index contributed by atoms with van der Waals surface area (Å²) in [6, 6.07) is 7.39. The minimum atomic E-state index is -1.04. The van der Waals surface area contributed by atoms with Gasteiger partial charge in [-0.3, -0.25) is 5.32 Å². The van der Waals surface area contributed by atoms with E-state index < -0.39 is 6.09 Å². The van der Waals surface area contributed by atoms with Gasteiger partial charge in [0.1, 0.15) is 0 Å². The Morgan fingerprint density at radius 1 is 1.36 bits per heavy atom. The van der Waals surface area contributed by atoms with Crippen LogP contribution in [-0.2, 0) is 4.74 Å². The van der Waals surface area contributed by atoms with Crippen LogP contribution in [0.3, 0.4) is 0 Å². The molecule has 0 aliphatic carbocycles. The van der Waals surface area contributed by atoms with Crippen LogP contribution in [0.2, 0.25) is 0 Å². The van der Waals surface area contributed by atoms with Gasteiger partial charge in [0, 0.05) is 11.6 Å². The van der Waals surface area contributed by atoms with Gasteiger partial charge in [0.15, 0.2) is 0 Å². The van der Waals surface area contributed by atoms with Crippen molar-refractivity contribution in [1.82, 2.24) is 0 Å². The number of amides is 1. The molecule has 0 saturated carbocycles. The van der Waals surface area contributed by atoms with E-state index in [4.69, 9.17) is 9.84 Å². The Labute approximate surface area is 81.5 Å². The van der Waals surface area contributed by atoms with Crippen molar-refractivity contribution < 1.29 is 14.6 Å². The zero-order chi connectivity index (χ0) is 9.97.